The molecule has 1 atom stereocenters. The van der Waals surface area contributed by atoms with E-state index in [9.17, 15) is 0 Å². The van der Waals surface area contributed by atoms with E-state index in [0.717, 1.165) is 30.9 Å². The Kier molecular flexibility index (Phi) is 8.12. The van der Waals surface area contributed by atoms with Gasteiger partial charge in [-0.05, 0) is 55.0 Å². The second-order valence-electron chi connectivity index (χ2n) is 8.10. The van der Waals surface area contributed by atoms with Gasteiger partial charge in [-0.3, -0.25) is 4.90 Å². The molecule has 1 saturated heterocycles. The quantitative estimate of drug-likeness (QED) is 0.693. The molecule has 3 rings (SSSR count). The Bertz CT molecular complexity index is 785. The minimum atomic E-state index is -0.0795. The standard InChI is InChI=1S/C24H32N2OS/c1-19(2)15-20-7-9-21(10-8-20)17-26-13-3-5-22(18-26)25-16-24-12-11-23(28-24)6-4-14-27/h7-12,19,22,25,27H,3,5,13-18H2,1-2H3. The molecule has 28 heavy (non-hydrogen) atoms. The number of aliphatic hydroxyl groups excluding tert-OH is 1. The number of hydrogen-bond donors (Lipinski definition) is 2. The summed E-state index contributed by atoms with van der Waals surface area (Å²) in [6.45, 7) is 8.70. The molecule has 1 unspecified atom stereocenters. The van der Waals surface area contributed by atoms with Gasteiger partial charge in [0.1, 0.15) is 6.61 Å². The van der Waals surface area contributed by atoms with Crippen molar-refractivity contribution >= 4 is 11.3 Å². The van der Waals surface area contributed by atoms with Crippen molar-refractivity contribution in [1.82, 2.24) is 10.2 Å². The monoisotopic (exact) mass is 396 g/mol. The largest absolute Gasteiger partial charge is 0.384 e. The average Bonchev–Trinajstić information content (AvgIpc) is 3.14. The number of thiophene rings is 1. The van der Waals surface area contributed by atoms with E-state index in [1.807, 2.05) is 6.07 Å². The predicted molar refractivity (Wildman–Crippen MR) is 118 cm³/mol. The van der Waals surface area contributed by atoms with Crippen molar-refractivity contribution in [3.8, 4) is 11.8 Å². The van der Waals surface area contributed by atoms with Crippen molar-refractivity contribution in [1.29, 1.82) is 0 Å². The minimum absolute atomic E-state index is 0.0795. The van der Waals surface area contributed by atoms with E-state index >= 15 is 0 Å². The molecule has 0 amide bonds. The van der Waals surface area contributed by atoms with Crippen molar-refractivity contribution in [3.05, 3.63) is 57.3 Å². The van der Waals surface area contributed by atoms with Gasteiger partial charge in [0, 0.05) is 30.6 Å². The lowest BCUT2D eigenvalue weighted by Crippen LogP contribution is -2.44. The molecule has 2 N–H and O–H groups in total. The fourth-order valence-corrected chi connectivity index (χ4v) is 4.62. The van der Waals surface area contributed by atoms with E-state index < -0.39 is 0 Å². The van der Waals surface area contributed by atoms with Gasteiger partial charge in [-0.15, -0.1) is 11.3 Å². The van der Waals surface area contributed by atoms with Crippen LogP contribution in [0, 0.1) is 17.8 Å². The summed E-state index contributed by atoms with van der Waals surface area (Å²) in [5, 5.41) is 12.5. The van der Waals surface area contributed by atoms with Crippen LogP contribution in [-0.4, -0.2) is 35.7 Å². The zero-order valence-electron chi connectivity index (χ0n) is 17.1. The zero-order valence-corrected chi connectivity index (χ0v) is 17.9. The molecule has 1 fully saturated rings. The van der Waals surface area contributed by atoms with Crippen LogP contribution in [0.4, 0.5) is 0 Å². The smallest absolute Gasteiger partial charge is 0.104 e. The highest BCUT2D eigenvalue weighted by atomic mass is 32.1. The second-order valence-corrected chi connectivity index (χ2v) is 9.26. The third kappa shape index (κ3) is 6.76. The Hall–Kier alpha value is -1.64. The molecule has 1 aromatic carbocycles. The summed E-state index contributed by atoms with van der Waals surface area (Å²) in [7, 11) is 0. The fraction of sp³-hybridized carbons (Fsp3) is 0.500. The summed E-state index contributed by atoms with van der Waals surface area (Å²) >= 11 is 1.71. The van der Waals surface area contributed by atoms with E-state index in [1.165, 1.54) is 35.4 Å². The summed E-state index contributed by atoms with van der Waals surface area (Å²) in [4.78, 5) is 4.91. The number of rotatable bonds is 7. The fourth-order valence-electron chi connectivity index (χ4n) is 3.79. The normalized spacial score (nSPS) is 17.5. The molecule has 3 nitrogen and oxygen atoms in total. The first-order valence-corrected chi connectivity index (χ1v) is 11.2. The van der Waals surface area contributed by atoms with Crippen molar-refractivity contribution in [2.45, 2.75) is 52.2 Å². The van der Waals surface area contributed by atoms with Crippen LogP contribution in [-0.2, 0) is 19.5 Å². The Morgan fingerprint density at radius 1 is 1.18 bits per heavy atom. The Morgan fingerprint density at radius 2 is 1.96 bits per heavy atom. The maximum absolute atomic E-state index is 8.80. The molecule has 1 aromatic heterocycles. The number of likely N-dealkylation sites (tertiary alicyclic amines) is 1. The molecular formula is C24H32N2OS. The Labute approximate surface area is 173 Å². The molecule has 150 valence electrons. The lowest BCUT2D eigenvalue weighted by Gasteiger charge is -2.33. The maximum atomic E-state index is 8.80. The summed E-state index contributed by atoms with van der Waals surface area (Å²) in [6.07, 6.45) is 3.65. The summed E-state index contributed by atoms with van der Waals surface area (Å²) in [5.74, 6) is 6.41. The molecule has 2 aromatic rings. The molecule has 0 bridgehead atoms. The van der Waals surface area contributed by atoms with Gasteiger partial charge in [0.15, 0.2) is 0 Å². The first-order chi connectivity index (χ1) is 13.6. The van der Waals surface area contributed by atoms with Gasteiger partial charge in [0.2, 0.25) is 0 Å². The number of hydrogen-bond acceptors (Lipinski definition) is 4. The van der Waals surface area contributed by atoms with Gasteiger partial charge in [-0.1, -0.05) is 50.0 Å². The number of benzene rings is 1. The van der Waals surface area contributed by atoms with Gasteiger partial charge in [-0.2, -0.15) is 0 Å². The van der Waals surface area contributed by atoms with E-state index in [2.05, 4.69) is 66.2 Å². The molecule has 1 aliphatic heterocycles. The number of aliphatic hydroxyl groups is 1. The van der Waals surface area contributed by atoms with Crippen molar-refractivity contribution in [2.75, 3.05) is 19.7 Å². The van der Waals surface area contributed by atoms with Crippen LogP contribution in [0.2, 0.25) is 0 Å². The Balaban J connectivity index is 1.46. The van der Waals surface area contributed by atoms with Gasteiger partial charge in [-0.25, -0.2) is 0 Å². The van der Waals surface area contributed by atoms with E-state index in [-0.39, 0.29) is 6.61 Å². The molecular weight excluding hydrogens is 364 g/mol. The topological polar surface area (TPSA) is 35.5 Å². The summed E-state index contributed by atoms with van der Waals surface area (Å²) in [6, 6.07) is 13.9. The zero-order chi connectivity index (χ0) is 19.8. The van der Waals surface area contributed by atoms with Crippen molar-refractivity contribution < 1.29 is 5.11 Å². The molecule has 0 spiro atoms. The van der Waals surface area contributed by atoms with Crippen LogP contribution < -0.4 is 5.32 Å². The van der Waals surface area contributed by atoms with Gasteiger partial charge in [0.25, 0.3) is 0 Å². The highest BCUT2D eigenvalue weighted by molar-refractivity contribution is 7.12. The molecule has 0 radical (unpaired) electrons. The van der Waals surface area contributed by atoms with Crippen LogP contribution in [0.25, 0.3) is 0 Å². The van der Waals surface area contributed by atoms with Crippen LogP contribution >= 0.6 is 11.3 Å². The molecule has 0 saturated carbocycles. The summed E-state index contributed by atoms with van der Waals surface area (Å²) < 4.78 is 0. The SMILES string of the molecule is CC(C)Cc1ccc(CN2CCCC(NCc3ccc(C#CCO)s3)C2)cc1. The lowest BCUT2D eigenvalue weighted by atomic mass is 10.0. The number of nitrogens with zero attached hydrogens (tertiary/aromatic N) is 1. The highest BCUT2D eigenvalue weighted by Gasteiger charge is 2.19. The van der Waals surface area contributed by atoms with Gasteiger partial charge < -0.3 is 10.4 Å². The molecule has 4 heteroatoms. The van der Waals surface area contributed by atoms with Gasteiger partial charge in [0.05, 0.1) is 4.88 Å². The van der Waals surface area contributed by atoms with Gasteiger partial charge >= 0.3 is 0 Å². The predicted octanol–water partition coefficient (Wildman–Crippen LogP) is 4.04. The average molecular weight is 397 g/mol. The molecule has 0 aliphatic carbocycles. The van der Waals surface area contributed by atoms with Crippen LogP contribution in [0.15, 0.2) is 36.4 Å². The molecule has 1 aliphatic rings. The van der Waals surface area contributed by atoms with E-state index in [0.29, 0.717) is 12.0 Å². The summed E-state index contributed by atoms with van der Waals surface area (Å²) in [5.41, 5.74) is 2.86. The second kappa shape index (κ2) is 10.8. The lowest BCUT2D eigenvalue weighted by molar-refractivity contribution is 0.183. The molecule has 2 heterocycles. The minimum Gasteiger partial charge on any atom is -0.384 e. The Morgan fingerprint density at radius 3 is 2.71 bits per heavy atom. The number of piperidine rings is 1. The van der Waals surface area contributed by atoms with Crippen molar-refractivity contribution in [3.63, 3.8) is 0 Å². The van der Waals surface area contributed by atoms with Crippen LogP contribution in [0.1, 0.15) is 47.6 Å². The first-order valence-electron chi connectivity index (χ1n) is 10.3. The van der Waals surface area contributed by atoms with Crippen LogP contribution in [0.3, 0.4) is 0 Å². The highest BCUT2D eigenvalue weighted by Crippen LogP contribution is 2.18. The number of nitrogens with one attached hydrogen (secondary N) is 1. The van der Waals surface area contributed by atoms with E-state index in [4.69, 9.17) is 5.11 Å². The first kappa shape index (κ1) is 21.1. The van der Waals surface area contributed by atoms with Crippen LogP contribution in [0.5, 0.6) is 0 Å². The third-order valence-corrected chi connectivity index (χ3v) is 6.10. The van der Waals surface area contributed by atoms with Crippen molar-refractivity contribution in [2.24, 2.45) is 5.92 Å². The third-order valence-electron chi connectivity index (χ3n) is 5.10. The van der Waals surface area contributed by atoms with E-state index in [1.54, 1.807) is 11.3 Å². The maximum Gasteiger partial charge on any atom is 0.104 e.